The fourth-order valence-electron chi connectivity index (χ4n) is 4.38. The normalized spacial score (nSPS) is 28.7. The quantitative estimate of drug-likeness (QED) is 0.826. The van der Waals surface area contributed by atoms with E-state index >= 15 is 0 Å². The van der Waals surface area contributed by atoms with Crippen molar-refractivity contribution in [1.82, 2.24) is 5.01 Å². The molecule has 26 heavy (non-hydrogen) atoms. The molecule has 4 rings (SSSR count). The fraction of sp³-hybridized carbons (Fsp3) is 0.455. The van der Waals surface area contributed by atoms with Crippen molar-refractivity contribution in [2.75, 3.05) is 18.0 Å². The van der Waals surface area contributed by atoms with Gasteiger partial charge in [0.1, 0.15) is 0 Å². The lowest BCUT2D eigenvalue weighted by atomic mass is 9.75. The van der Waals surface area contributed by atoms with Gasteiger partial charge in [-0.3, -0.25) is 4.79 Å². The molecule has 1 aromatic rings. The number of hydrogen-bond acceptors (Lipinski definition) is 3. The maximum Gasteiger partial charge on any atom is 0.246 e. The zero-order valence-electron chi connectivity index (χ0n) is 15.4. The van der Waals surface area contributed by atoms with Crippen LogP contribution in [0.25, 0.3) is 0 Å². The maximum atomic E-state index is 13.2. The van der Waals surface area contributed by atoms with Crippen molar-refractivity contribution in [3.05, 3.63) is 54.6 Å². The van der Waals surface area contributed by atoms with Gasteiger partial charge in [0.25, 0.3) is 0 Å². The summed E-state index contributed by atoms with van der Waals surface area (Å²) in [7, 11) is 0. The molecular formula is C22H27N3O. The number of piperidine rings is 1. The summed E-state index contributed by atoms with van der Waals surface area (Å²) < 4.78 is 0. The zero-order valence-corrected chi connectivity index (χ0v) is 15.4. The van der Waals surface area contributed by atoms with Crippen molar-refractivity contribution in [2.45, 2.75) is 38.6 Å². The number of para-hydroxylation sites is 1. The van der Waals surface area contributed by atoms with E-state index in [2.05, 4.69) is 65.5 Å². The molecule has 1 aromatic carbocycles. The Bertz CT molecular complexity index is 731. The van der Waals surface area contributed by atoms with E-state index in [9.17, 15) is 4.79 Å². The molecule has 136 valence electrons. The maximum absolute atomic E-state index is 13.2. The first-order valence-electron chi connectivity index (χ1n) is 9.67. The molecule has 3 aliphatic rings. The van der Waals surface area contributed by atoms with Crippen LogP contribution in [0, 0.1) is 11.3 Å². The summed E-state index contributed by atoms with van der Waals surface area (Å²) in [5.74, 6) is 0.292. The number of hydrogen-bond donors (Lipinski definition) is 0. The number of allylic oxidation sites excluding steroid dienone is 3. The molecule has 1 saturated heterocycles. The zero-order chi connectivity index (χ0) is 18.0. The second-order valence-corrected chi connectivity index (χ2v) is 7.83. The van der Waals surface area contributed by atoms with E-state index in [4.69, 9.17) is 0 Å². The molecule has 2 aliphatic heterocycles. The molecular weight excluding hydrogens is 322 g/mol. The number of hydrazone groups is 1. The third-order valence-corrected chi connectivity index (χ3v) is 6.06. The summed E-state index contributed by atoms with van der Waals surface area (Å²) in [6.07, 6.45) is 14.2. The minimum atomic E-state index is -0.0222. The van der Waals surface area contributed by atoms with Crippen molar-refractivity contribution >= 4 is 17.8 Å². The number of rotatable bonds is 3. The Labute approximate surface area is 155 Å². The van der Waals surface area contributed by atoms with E-state index in [-0.39, 0.29) is 23.3 Å². The van der Waals surface area contributed by atoms with E-state index in [0.717, 1.165) is 38.8 Å². The predicted octanol–water partition coefficient (Wildman–Crippen LogP) is 4.01. The molecule has 0 N–H and O–H groups in total. The van der Waals surface area contributed by atoms with Crippen molar-refractivity contribution in [3.8, 4) is 0 Å². The standard InChI is InChI=1S/C22H27N3O/c1-22(13-6-3-7-14-22)20-10-15-23-25(20)21(26)18-11-16-24(17-12-18)19-8-4-2-5-9-19/h2-9,13,15,18,20H,10-12,14,16-17H2,1H3/t20-,22?/m0/s1. The Balaban J connectivity index is 1.41. The predicted molar refractivity (Wildman–Crippen MR) is 106 cm³/mol. The molecule has 0 bridgehead atoms. The van der Waals surface area contributed by atoms with E-state index in [1.54, 1.807) is 5.01 Å². The van der Waals surface area contributed by atoms with E-state index < -0.39 is 0 Å². The number of amides is 1. The summed E-state index contributed by atoms with van der Waals surface area (Å²) in [5.41, 5.74) is 1.23. The summed E-state index contributed by atoms with van der Waals surface area (Å²) >= 11 is 0. The van der Waals surface area contributed by atoms with Gasteiger partial charge in [0, 0.05) is 42.7 Å². The Morgan fingerprint density at radius 3 is 2.62 bits per heavy atom. The Morgan fingerprint density at radius 1 is 1.15 bits per heavy atom. The van der Waals surface area contributed by atoms with Gasteiger partial charge in [0.15, 0.2) is 0 Å². The first-order chi connectivity index (χ1) is 12.7. The van der Waals surface area contributed by atoms with Crippen LogP contribution in [-0.2, 0) is 4.79 Å². The summed E-state index contributed by atoms with van der Waals surface area (Å²) in [5, 5.41) is 6.27. The van der Waals surface area contributed by atoms with Crippen molar-refractivity contribution in [3.63, 3.8) is 0 Å². The van der Waals surface area contributed by atoms with Crippen LogP contribution in [0.1, 0.15) is 32.6 Å². The lowest BCUT2D eigenvalue weighted by Gasteiger charge is -2.40. The smallest absolute Gasteiger partial charge is 0.246 e. The monoisotopic (exact) mass is 349 g/mol. The molecule has 2 atom stereocenters. The molecule has 0 spiro atoms. The van der Waals surface area contributed by atoms with Gasteiger partial charge in [0.2, 0.25) is 5.91 Å². The van der Waals surface area contributed by atoms with Gasteiger partial charge in [0.05, 0.1) is 6.04 Å². The van der Waals surface area contributed by atoms with Gasteiger partial charge in [-0.05, 0) is 31.4 Å². The highest BCUT2D eigenvalue weighted by molar-refractivity contribution is 5.82. The van der Waals surface area contributed by atoms with Crippen LogP contribution in [0.15, 0.2) is 59.7 Å². The molecule has 0 saturated carbocycles. The topological polar surface area (TPSA) is 35.9 Å². The van der Waals surface area contributed by atoms with E-state index in [0.29, 0.717) is 0 Å². The molecule has 1 unspecified atom stereocenters. The van der Waals surface area contributed by atoms with Crippen LogP contribution in [0.3, 0.4) is 0 Å². The van der Waals surface area contributed by atoms with Gasteiger partial charge >= 0.3 is 0 Å². The number of carbonyl (C=O) groups excluding carboxylic acids is 1. The molecule has 2 heterocycles. The number of anilines is 1. The van der Waals surface area contributed by atoms with Gasteiger partial charge in [-0.15, -0.1) is 0 Å². The van der Waals surface area contributed by atoms with Gasteiger partial charge in [-0.1, -0.05) is 49.4 Å². The number of carbonyl (C=O) groups is 1. The number of benzene rings is 1. The highest BCUT2D eigenvalue weighted by atomic mass is 16.2. The molecule has 0 radical (unpaired) electrons. The van der Waals surface area contributed by atoms with Crippen molar-refractivity contribution in [2.24, 2.45) is 16.4 Å². The lowest BCUT2D eigenvalue weighted by Crippen LogP contribution is -2.48. The largest absolute Gasteiger partial charge is 0.371 e. The lowest BCUT2D eigenvalue weighted by molar-refractivity contribution is -0.139. The Kier molecular flexibility index (Phi) is 4.66. The second kappa shape index (κ2) is 7.10. The second-order valence-electron chi connectivity index (χ2n) is 7.83. The van der Waals surface area contributed by atoms with Crippen LogP contribution < -0.4 is 4.90 Å². The molecule has 1 amide bonds. The average Bonchev–Trinajstić information content (AvgIpc) is 3.20. The molecule has 4 nitrogen and oxygen atoms in total. The SMILES string of the molecule is CC1([C@@H]2CC=NN2C(=O)C2CCN(c3ccccc3)CC2)C=CC=CC1. The number of nitrogens with zero attached hydrogens (tertiary/aromatic N) is 3. The molecule has 1 fully saturated rings. The van der Waals surface area contributed by atoms with Crippen LogP contribution in [0.4, 0.5) is 5.69 Å². The highest BCUT2D eigenvalue weighted by Crippen LogP contribution is 2.39. The highest BCUT2D eigenvalue weighted by Gasteiger charge is 2.42. The van der Waals surface area contributed by atoms with Crippen molar-refractivity contribution in [1.29, 1.82) is 0 Å². The first kappa shape index (κ1) is 17.1. The third kappa shape index (κ3) is 3.20. The Hall–Kier alpha value is -2.36. The molecule has 0 aromatic heterocycles. The van der Waals surface area contributed by atoms with Crippen LogP contribution in [0.5, 0.6) is 0 Å². The van der Waals surface area contributed by atoms with Crippen LogP contribution in [0.2, 0.25) is 0 Å². The summed E-state index contributed by atoms with van der Waals surface area (Å²) in [4.78, 5) is 15.6. The molecule has 1 aliphatic carbocycles. The van der Waals surface area contributed by atoms with Crippen LogP contribution >= 0.6 is 0 Å². The third-order valence-electron chi connectivity index (χ3n) is 6.06. The minimum absolute atomic E-state index is 0.0222. The summed E-state index contributed by atoms with van der Waals surface area (Å²) in [6, 6.07) is 10.6. The van der Waals surface area contributed by atoms with Crippen LogP contribution in [-0.4, -0.2) is 36.3 Å². The fourth-order valence-corrected chi connectivity index (χ4v) is 4.38. The Morgan fingerprint density at radius 2 is 1.92 bits per heavy atom. The van der Waals surface area contributed by atoms with Gasteiger partial charge in [-0.25, -0.2) is 5.01 Å². The van der Waals surface area contributed by atoms with Crippen molar-refractivity contribution < 1.29 is 4.79 Å². The minimum Gasteiger partial charge on any atom is -0.371 e. The first-order valence-corrected chi connectivity index (χ1v) is 9.67. The molecule has 4 heteroatoms. The average molecular weight is 349 g/mol. The summed E-state index contributed by atoms with van der Waals surface area (Å²) in [6.45, 7) is 4.11. The van der Waals surface area contributed by atoms with E-state index in [1.807, 2.05) is 12.3 Å². The van der Waals surface area contributed by atoms with Gasteiger partial charge in [-0.2, -0.15) is 5.10 Å². The van der Waals surface area contributed by atoms with E-state index in [1.165, 1.54) is 5.69 Å². The van der Waals surface area contributed by atoms with Gasteiger partial charge < -0.3 is 4.90 Å².